The highest BCUT2D eigenvalue weighted by Crippen LogP contribution is 2.25. The Morgan fingerprint density at radius 2 is 2.21 bits per heavy atom. The number of nitrogens with one attached hydrogen (secondary N) is 1. The number of rotatable bonds is 5. The number of carbonyl (C=O) groups excluding carboxylic acids is 1. The summed E-state index contributed by atoms with van der Waals surface area (Å²) in [6.45, 7) is 2.17. The van der Waals surface area contributed by atoms with Crippen LogP contribution < -0.4 is 5.32 Å². The molecule has 2 amide bonds. The summed E-state index contributed by atoms with van der Waals surface area (Å²) in [6, 6.07) is -0.0444. The van der Waals surface area contributed by atoms with E-state index in [1.165, 1.54) is 0 Å². The average Bonchev–Trinajstić information content (AvgIpc) is 3.02. The zero-order valence-electron chi connectivity index (χ0n) is 11.8. The summed E-state index contributed by atoms with van der Waals surface area (Å²) in [4.78, 5) is 13.6. The van der Waals surface area contributed by atoms with Crippen molar-refractivity contribution < 1.29 is 14.6 Å². The van der Waals surface area contributed by atoms with Crippen molar-refractivity contribution in [3.05, 3.63) is 0 Å². The number of hydrogen-bond acceptors (Lipinski definition) is 3. The molecule has 0 radical (unpaired) electrons. The molecule has 1 aliphatic carbocycles. The van der Waals surface area contributed by atoms with Crippen LogP contribution in [0.3, 0.4) is 0 Å². The molecular weight excluding hydrogens is 244 g/mol. The Labute approximate surface area is 115 Å². The van der Waals surface area contributed by atoms with E-state index in [4.69, 9.17) is 4.74 Å². The molecule has 19 heavy (non-hydrogen) atoms. The highest BCUT2D eigenvalue weighted by molar-refractivity contribution is 5.73. The predicted molar refractivity (Wildman–Crippen MR) is 73.0 cm³/mol. The molecule has 3 atom stereocenters. The van der Waals surface area contributed by atoms with E-state index in [2.05, 4.69) is 5.32 Å². The molecule has 1 saturated heterocycles. The summed E-state index contributed by atoms with van der Waals surface area (Å²) < 4.78 is 5.52. The maximum Gasteiger partial charge on any atom is 0.317 e. The van der Waals surface area contributed by atoms with Crippen LogP contribution in [0.1, 0.15) is 38.5 Å². The number of carbonyl (C=O) groups is 1. The number of ether oxygens (including phenoxy) is 1. The fourth-order valence-corrected chi connectivity index (χ4v) is 3.01. The number of urea groups is 1. The van der Waals surface area contributed by atoms with E-state index < -0.39 is 0 Å². The second kappa shape index (κ2) is 7.10. The molecule has 2 rings (SSSR count). The molecule has 5 heteroatoms. The van der Waals surface area contributed by atoms with Gasteiger partial charge in [0.1, 0.15) is 0 Å². The van der Waals surface area contributed by atoms with Crippen LogP contribution in [0, 0.1) is 5.92 Å². The topological polar surface area (TPSA) is 61.8 Å². The van der Waals surface area contributed by atoms with Crippen LogP contribution in [0.2, 0.25) is 0 Å². The molecular formula is C14H26N2O3. The Morgan fingerprint density at radius 1 is 1.37 bits per heavy atom. The van der Waals surface area contributed by atoms with Crippen LogP contribution in [0.5, 0.6) is 0 Å². The average molecular weight is 270 g/mol. The van der Waals surface area contributed by atoms with E-state index >= 15 is 0 Å². The summed E-state index contributed by atoms with van der Waals surface area (Å²) in [5.41, 5.74) is 0. The van der Waals surface area contributed by atoms with Gasteiger partial charge in [-0.15, -0.1) is 0 Å². The van der Waals surface area contributed by atoms with E-state index in [1.807, 2.05) is 0 Å². The maximum absolute atomic E-state index is 11.9. The van der Waals surface area contributed by atoms with Crippen molar-refractivity contribution in [2.75, 3.05) is 26.7 Å². The van der Waals surface area contributed by atoms with Gasteiger partial charge in [-0.05, 0) is 32.1 Å². The largest absolute Gasteiger partial charge is 0.393 e. The molecule has 0 aromatic heterocycles. The highest BCUT2D eigenvalue weighted by Gasteiger charge is 2.27. The van der Waals surface area contributed by atoms with Crippen LogP contribution >= 0.6 is 0 Å². The van der Waals surface area contributed by atoms with Gasteiger partial charge in [0.2, 0.25) is 0 Å². The van der Waals surface area contributed by atoms with Gasteiger partial charge in [0, 0.05) is 32.7 Å². The molecule has 2 fully saturated rings. The first-order valence-electron chi connectivity index (χ1n) is 7.45. The van der Waals surface area contributed by atoms with Gasteiger partial charge in [0.25, 0.3) is 0 Å². The van der Waals surface area contributed by atoms with Gasteiger partial charge in [0.15, 0.2) is 0 Å². The third-order valence-corrected chi connectivity index (χ3v) is 4.24. The Balaban J connectivity index is 1.61. The summed E-state index contributed by atoms with van der Waals surface area (Å²) in [5.74, 6) is 0.244. The molecule has 1 saturated carbocycles. The van der Waals surface area contributed by atoms with E-state index in [1.54, 1.807) is 11.9 Å². The molecule has 0 aromatic rings. The smallest absolute Gasteiger partial charge is 0.317 e. The Hall–Kier alpha value is -0.810. The van der Waals surface area contributed by atoms with E-state index in [9.17, 15) is 9.90 Å². The lowest BCUT2D eigenvalue weighted by Gasteiger charge is -2.23. The molecule has 0 aromatic carbocycles. The summed E-state index contributed by atoms with van der Waals surface area (Å²) in [7, 11) is 1.80. The number of nitrogens with zero attached hydrogens (tertiary/aromatic N) is 1. The van der Waals surface area contributed by atoms with Crippen LogP contribution in [-0.4, -0.2) is 55.0 Å². The first-order valence-corrected chi connectivity index (χ1v) is 7.45. The van der Waals surface area contributed by atoms with E-state index in [0.717, 1.165) is 45.1 Å². The second-order valence-electron chi connectivity index (χ2n) is 5.79. The SMILES string of the molecule is CN(C[C@@H]1CCC[C@H]1O)C(=O)NCC[C@H]1CCCO1. The molecule has 5 nitrogen and oxygen atoms in total. The molecule has 2 N–H and O–H groups in total. The summed E-state index contributed by atoms with van der Waals surface area (Å²) in [6.07, 6.45) is 6.20. The normalized spacial score (nSPS) is 30.5. The van der Waals surface area contributed by atoms with Gasteiger partial charge in [-0.25, -0.2) is 4.79 Å². The van der Waals surface area contributed by atoms with Crippen molar-refractivity contribution in [2.45, 2.75) is 50.7 Å². The van der Waals surface area contributed by atoms with Crippen molar-refractivity contribution in [3.63, 3.8) is 0 Å². The number of hydrogen-bond donors (Lipinski definition) is 2. The van der Waals surface area contributed by atoms with Gasteiger partial charge in [-0.1, -0.05) is 6.42 Å². The molecule has 0 bridgehead atoms. The Bertz CT molecular complexity index is 292. The number of amides is 2. The van der Waals surface area contributed by atoms with Crippen LogP contribution in [0.4, 0.5) is 4.79 Å². The lowest BCUT2D eigenvalue weighted by Crippen LogP contribution is -2.41. The molecule has 1 heterocycles. The summed E-state index contributed by atoms with van der Waals surface area (Å²) in [5, 5.41) is 12.7. The van der Waals surface area contributed by atoms with Gasteiger partial charge in [-0.3, -0.25) is 0 Å². The van der Waals surface area contributed by atoms with Crippen LogP contribution in [-0.2, 0) is 4.74 Å². The highest BCUT2D eigenvalue weighted by atomic mass is 16.5. The quantitative estimate of drug-likeness (QED) is 0.793. The maximum atomic E-state index is 11.9. The minimum Gasteiger partial charge on any atom is -0.393 e. The fourth-order valence-electron chi connectivity index (χ4n) is 3.01. The molecule has 1 aliphatic heterocycles. The lowest BCUT2D eigenvalue weighted by atomic mass is 10.1. The second-order valence-corrected chi connectivity index (χ2v) is 5.79. The standard InChI is InChI=1S/C14H26N2O3/c1-16(10-11-4-2-6-13(11)17)14(18)15-8-7-12-5-3-9-19-12/h11-13,17H,2-10H2,1H3,(H,15,18)/t11-,12+,13+/m0/s1. The van der Waals surface area contributed by atoms with Gasteiger partial charge in [0.05, 0.1) is 12.2 Å². The van der Waals surface area contributed by atoms with Crippen molar-refractivity contribution in [2.24, 2.45) is 5.92 Å². The fraction of sp³-hybridized carbons (Fsp3) is 0.929. The van der Waals surface area contributed by atoms with Crippen molar-refractivity contribution in [1.29, 1.82) is 0 Å². The number of aliphatic hydroxyl groups is 1. The lowest BCUT2D eigenvalue weighted by molar-refractivity contribution is 0.103. The molecule has 110 valence electrons. The molecule has 0 spiro atoms. The van der Waals surface area contributed by atoms with E-state index in [0.29, 0.717) is 19.2 Å². The Morgan fingerprint density at radius 3 is 2.84 bits per heavy atom. The summed E-state index contributed by atoms with van der Waals surface area (Å²) >= 11 is 0. The zero-order chi connectivity index (χ0) is 13.7. The van der Waals surface area contributed by atoms with Crippen molar-refractivity contribution in [3.8, 4) is 0 Å². The monoisotopic (exact) mass is 270 g/mol. The van der Waals surface area contributed by atoms with Crippen LogP contribution in [0.15, 0.2) is 0 Å². The Kier molecular flexibility index (Phi) is 5.45. The van der Waals surface area contributed by atoms with Crippen molar-refractivity contribution >= 4 is 6.03 Å². The number of aliphatic hydroxyl groups excluding tert-OH is 1. The van der Waals surface area contributed by atoms with Crippen molar-refractivity contribution in [1.82, 2.24) is 10.2 Å². The molecule has 0 unspecified atom stereocenters. The minimum absolute atomic E-state index is 0.0444. The first-order chi connectivity index (χ1) is 9.16. The zero-order valence-corrected chi connectivity index (χ0v) is 11.8. The molecule has 2 aliphatic rings. The van der Waals surface area contributed by atoms with E-state index in [-0.39, 0.29) is 18.1 Å². The third kappa shape index (κ3) is 4.35. The van der Waals surface area contributed by atoms with Crippen LogP contribution in [0.25, 0.3) is 0 Å². The predicted octanol–water partition coefficient (Wildman–Crippen LogP) is 1.36. The third-order valence-electron chi connectivity index (χ3n) is 4.24. The van der Waals surface area contributed by atoms with Gasteiger partial charge in [-0.2, -0.15) is 0 Å². The van der Waals surface area contributed by atoms with Gasteiger partial charge < -0.3 is 20.1 Å². The minimum atomic E-state index is -0.234. The first kappa shape index (κ1) is 14.6. The van der Waals surface area contributed by atoms with Gasteiger partial charge >= 0.3 is 6.03 Å².